The summed E-state index contributed by atoms with van der Waals surface area (Å²) < 4.78 is 5.23. The zero-order valence-corrected chi connectivity index (χ0v) is 17.5. The number of esters is 1. The molecular formula is C21H27ClN2O4. The lowest BCUT2D eigenvalue weighted by Crippen LogP contribution is -2.44. The van der Waals surface area contributed by atoms with E-state index in [2.05, 4.69) is 5.32 Å². The molecule has 1 aromatic rings. The summed E-state index contributed by atoms with van der Waals surface area (Å²) in [4.78, 5) is 39.1. The van der Waals surface area contributed by atoms with Crippen LogP contribution < -0.4 is 5.32 Å². The van der Waals surface area contributed by atoms with Gasteiger partial charge >= 0.3 is 5.97 Å². The molecule has 0 aliphatic carbocycles. The van der Waals surface area contributed by atoms with Crippen molar-refractivity contribution in [2.75, 3.05) is 19.7 Å². The molecular weight excluding hydrogens is 380 g/mol. The highest BCUT2D eigenvalue weighted by atomic mass is 35.5. The molecule has 0 spiro atoms. The molecule has 1 heterocycles. The Morgan fingerprint density at radius 2 is 2.07 bits per heavy atom. The van der Waals surface area contributed by atoms with Crippen molar-refractivity contribution in [3.8, 4) is 0 Å². The lowest BCUT2D eigenvalue weighted by molar-refractivity contribution is -0.141. The molecule has 1 aromatic carbocycles. The minimum absolute atomic E-state index is 0.0727. The second-order valence-corrected chi connectivity index (χ2v) is 7.65. The van der Waals surface area contributed by atoms with Crippen molar-refractivity contribution in [3.63, 3.8) is 0 Å². The molecule has 0 saturated carbocycles. The second kappa shape index (κ2) is 9.73. The molecule has 0 aromatic heterocycles. The summed E-state index contributed by atoms with van der Waals surface area (Å²) in [6, 6.07) is 7.10. The molecule has 0 bridgehead atoms. The number of benzene rings is 1. The van der Waals surface area contributed by atoms with Crippen molar-refractivity contribution in [1.82, 2.24) is 10.2 Å². The van der Waals surface area contributed by atoms with Crippen LogP contribution in [0.2, 0.25) is 5.02 Å². The van der Waals surface area contributed by atoms with Gasteiger partial charge in [0.1, 0.15) is 6.54 Å². The van der Waals surface area contributed by atoms with Crippen LogP contribution in [0, 0.1) is 5.92 Å². The number of hydrogen-bond donors (Lipinski definition) is 1. The number of halogens is 1. The normalized spacial score (nSPS) is 17.1. The summed E-state index contributed by atoms with van der Waals surface area (Å²) in [7, 11) is 0. The minimum Gasteiger partial charge on any atom is -0.463 e. The van der Waals surface area contributed by atoms with Crippen LogP contribution in [-0.2, 0) is 19.1 Å². The van der Waals surface area contributed by atoms with Crippen LogP contribution in [0.25, 0.3) is 0 Å². The van der Waals surface area contributed by atoms with E-state index in [1.807, 2.05) is 19.9 Å². The zero-order chi connectivity index (χ0) is 20.8. The molecule has 0 radical (unpaired) electrons. The molecule has 1 aliphatic heterocycles. The standard InChI is InChI=1S/C21H27ClN2O4/c1-5-28-21(27)20-14(4)24(12-18(25)23-11-13(2)3)19(26)10-17(20)15-7-6-8-16(22)9-15/h6-9,13,17H,5,10-12H2,1-4H3,(H,23,25). The first-order valence-electron chi connectivity index (χ1n) is 9.45. The van der Waals surface area contributed by atoms with Crippen LogP contribution in [0.3, 0.4) is 0 Å². The van der Waals surface area contributed by atoms with Gasteiger partial charge in [-0.15, -0.1) is 0 Å². The molecule has 7 heteroatoms. The molecule has 1 atom stereocenters. The van der Waals surface area contributed by atoms with E-state index < -0.39 is 11.9 Å². The maximum Gasteiger partial charge on any atom is 0.336 e. The number of nitrogens with zero attached hydrogens (tertiary/aromatic N) is 1. The molecule has 1 unspecified atom stereocenters. The first-order chi connectivity index (χ1) is 13.2. The highest BCUT2D eigenvalue weighted by Gasteiger charge is 2.37. The Kier molecular flexibility index (Phi) is 7.63. The Bertz CT molecular complexity index is 788. The van der Waals surface area contributed by atoms with E-state index in [1.54, 1.807) is 32.0 Å². The molecule has 0 fully saturated rings. The predicted octanol–water partition coefficient (Wildman–Crippen LogP) is 3.27. The van der Waals surface area contributed by atoms with Gasteiger partial charge in [-0.05, 0) is 37.5 Å². The predicted molar refractivity (Wildman–Crippen MR) is 108 cm³/mol. The number of allylic oxidation sites excluding steroid dienone is 1. The fourth-order valence-electron chi connectivity index (χ4n) is 3.20. The Labute approximate surface area is 170 Å². The van der Waals surface area contributed by atoms with Crippen LogP contribution in [-0.4, -0.2) is 42.4 Å². The molecule has 0 saturated heterocycles. The van der Waals surface area contributed by atoms with Gasteiger partial charge in [0.05, 0.1) is 12.2 Å². The number of rotatable bonds is 7. The first-order valence-corrected chi connectivity index (χ1v) is 9.82. The monoisotopic (exact) mass is 406 g/mol. The summed E-state index contributed by atoms with van der Waals surface area (Å²) in [5, 5.41) is 3.33. The van der Waals surface area contributed by atoms with Gasteiger partial charge in [-0.2, -0.15) is 0 Å². The quantitative estimate of drug-likeness (QED) is 0.705. The average Bonchev–Trinajstić information content (AvgIpc) is 2.63. The third-order valence-electron chi connectivity index (χ3n) is 4.58. The van der Waals surface area contributed by atoms with Crippen LogP contribution in [0.15, 0.2) is 35.5 Å². The van der Waals surface area contributed by atoms with Gasteiger partial charge < -0.3 is 15.0 Å². The van der Waals surface area contributed by atoms with Crippen LogP contribution in [0.5, 0.6) is 0 Å². The number of hydrogen-bond acceptors (Lipinski definition) is 4. The Morgan fingerprint density at radius 1 is 1.36 bits per heavy atom. The summed E-state index contributed by atoms with van der Waals surface area (Å²) in [6.07, 6.45) is 0.0727. The van der Waals surface area contributed by atoms with Gasteiger partial charge in [-0.25, -0.2) is 4.79 Å². The summed E-state index contributed by atoms with van der Waals surface area (Å²) in [5.74, 6) is -1.11. The molecule has 1 aliphatic rings. The van der Waals surface area contributed by atoms with Gasteiger partial charge in [0, 0.05) is 29.6 Å². The second-order valence-electron chi connectivity index (χ2n) is 7.21. The van der Waals surface area contributed by atoms with Crippen molar-refractivity contribution in [2.45, 2.75) is 40.0 Å². The smallest absolute Gasteiger partial charge is 0.336 e. The topological polar surface area (TPSA) is 75.7 Å². The summed E-state index contributed by atoms with van der Waals surface area (Å²) >= 11 is 6.10. The highest BCUT2D eigenvalue weighted by Crippen LogP contribution is 2.37. The molecule has 28 heavy (non-hydrogen) atoms. The molecule has 1 N–H and O–H groups in total. The lowest BCUT2D eigenvalue weighted by atomic mass is 9.83. The van der Waals surface area contributed by atoms with Crippen molar-refractivity contribution < 1.29 is 19.1 Å². The van der Waals surface area contributed by atoms with E-state index in [0.717, 1.165) is 5.56 Å². The van der Waals surface area contributed by atoms with Gasteiger partial charge in [-0.1, -0.05) is 37.6 Å². The number of nitrogens with one attached hydrogen (secondary N) is 1. The van der Waals surface area contributed by atoms with E-state index in [9.17, 15) is 14.4 Å². The minimum atomic E-state index is -0.481. The molecule has 2 rings (SSSR count). The summed E-state index contributed by atoms with van der Waals surface area (Å²) in [6.45, 7) is 8.02. The van der Waals surface area contributed by atoms with Crippen molar-refractivity contribution >= 4 is 29.4 Å². The SMILES string of the molecule is CCOC(=O)C1=C(C)N(CC(=O)NCC(C)C)C(=O)CC1c1cccc(Cl)c1. The Morgan fingerprint density at radius 3 is 2.68 bits per heavy atom. The fourth-order valence-corrected chi connectivity index (χ4v) is 3.40. The highest BCUT2D eigenvalue weighted by molar-refractivity contribution is 6.30. The molecule has 6 nitrogen and oxygen atoms in total. The van der Waals surface area contributed by atoms with Crippen LogP contribution >= 0.6 is 11.6 Å². The Balaban J connectivity index is 2.38. The van der Waals surface area contributed by atoms with E-state index >= 15 is 0 Å². The molecule has 2 amide bonds. The Hall–Kier alpha value is -2.34. The number of carbonyl (C=O) groups is 3. The first kappa shape index (κ1) is 22.0. The van der Waals surface area contributed by atoms with Crippen LogP contribution in [0.4, 0.5) is 0 Å². The van der Waals surface area contributed by atoms with Crippen molar-refractivity contribution in [2.24, 2.45) is 5.92 Å². The van der Waals surface area contributed by atoms with Crippen molar-refractivity contribution in [3.05, 3.63) is 46.1 Å². The molecule has 152 valence electrons. The number of carbonyl (C=O) groups excluding carboxylic acids is 3. The van der Waals surface area contributed by atoms with E-state index in [4.69, 9.17) is 16.3 Å². The van der Waals surface area contributed by atoms with Gasteiger partial charge in [0.2, 0.25) is 11.8 Å². The van der Waals surface area contributed by atoms with E-state index in [-0.39, 0.29) is 31.4 Å². The van der Waals surface area contributed by atoms with Gasteiger partial charge in [0.25, 0.3) is 0 Å². The zero-order valence-electron chi connectivity index (χ0n) is 16.8. The van der Waals surface area contributed by atoms with E-state index in [1.165, 1.54) is 4.90 Å². The largest absolute Gasteiger partial charge is 0.463 e. The van der Waals surface area contributed by atoms with Crippen LogP contribution in [0.1, 0.15) is 45.6 Å². The average molecular weight is 407 g/mol. The van der Waals surface area contributed by atoms with Gasteiger partial charge in [-0.3, -0.25) is 9.59 Å². The number of amides is 2. The summed E-state index contributed by atoms with van der Waals surface area (Å²) in [5.41, 5.74) is 1.60. The van der Waals surface area contributed by atoms with Crippen molar-refractivity contribution in [1.29, 1.82) is 0 Å². The fraction of sp³-hybridized carbons (Fsp3) is 0.476. The van der Waals surface area contributed by atoms with E-state index in [0.29, 0.717) is 28.8 Å². The lowest BCUT2D eigenvalue weighted by Gasteiger charge is -2.34. The maximum atomic E-state index is 12.8. The maximum absolute atomic E-state index is 12.8. The third-order valence-corrected chi connectivity index (χ3v) is 4.81. The number of ether oxygens (including phenoxy) is 1. The van der Waals surface area contributed by atoms with Gasteiger partial charge in [0.15, 0.2) is 0 Å². The third kappa shape index (κ3) is 5.35.